The lowest BCUT2D eigenvalue weighted by Gasteiger charge is -2.14. The van der Waals surface area contributed by atoms with E-state index in [0.717, 1.165) is 42.4 Å². The molecule has 5 aromatic rings. The largest absolute Gasteiger partial charge is 0.339 e. The average Bonchev–Trinajstić information content (AvgIpc) is 3.67. The minimum absolute atomic E-state index is 0.0347. The van der Waals surface area contributed by atoms with Gasteiger partial charge in [-0.3, -0.25) is 14.9 Å². The number of likely N-dealkylation sites (tertiary alicyclic amines) is 1. The molecule has 6 rings (SSSR count). The number of pyridine rings is 3. The topological polar surface area (TPSA) is 149 Å². The second-order valence-corrected chi connectivity index (χ2v) is 9.12. The van der Waals surface area contributed by atoms with Gasteiger partial charge in [0.25, 0.3) is 5.91 Å². The van der Waals surface area contributed by atoms with Crippen LogP contribution in [0, 0.1) is 0 Å². The van der Waals surface area contributed by atoms with E-state index in [-0.39, 0.29) is 11.9 Å². The molecule has 6 heterocycles. The number of carbonyl (C=O) groups excluding carboxylic acids is 2. The first-order valence-electron chi connectivity index (χ1n) is 11.9. The van der Waals surface area contributed by atoms with E-state index in [0.29, 0.717) is 39.6 Å². The van der Waals surface area contributed by atoms with Gasteiger partial charge in [0.1, 0.15) is 11.2 Å². The molecule has 1 saturated heterocycles. The monoisotopic (exact) mass is 496 g/mol. The number of nitrogens with one attached hydrogen (secondary N) is 3. The average molecular weight is 497 g/mol. The predicted molar refractivity (Wildman–Crippen MR) is 138 cm³/mol. The molecule has 37 heavy (non-hydrogen) atoms. The number of hydrogen-bond donors (Lipinski definition) is 3. The number of nitrogens with zero attached hydrogens (tertiary/aromatic N) is 7. The van der Waals surface area contributed by atoms with Crippen molar-refractivity contribution in [2.24, 2.45) is 0 Å². The molecule has 0 bridgehead atoms. The Labute approximate surface area is 211 Å². The van der Waals surface area contributed by atoms with E-state index in [4.69, 9.17) is 4.98 Å². The van der Waals surface area contributed by atoms with Gasteiger partial charge in [-0.25, -0.2) is 19.7 Å². The summed E-state index contributed by atoms with van der Waals surface area (Å²) in [5.41, 5.74) is 4.86. The van der Waals surface area contributed by atoms with Crippen LogP contribution in [0.4, 0.5) is 10.5 Å². The molecule has 1 aliphatic heterocycles. The zero-order chi connectivity index (χ0) is 25.5. The zero-order valence-corrected chi connectivity index (χ0v) is 20.3. The van der Waals surface area contributed by atoms with Gasteiger partial charge in [-0.2, -0.15) is 5.10 Å². The molecular weight excluding hydrogens is 472 g/mol. The van der Waals surface area contributed by atoms with E-state index in [2.05, 4.69) is 35.5 Å². The normalized spacial score (nSPS) is 13.4. The molecule has 12 heteroatoms. The van der Waals surface area contributed by atoms with E-state index in [9.17, 15) is 9.59 Å². The maximum absolute atomic E-state index is 13.1. The Hall–Kier alpha value is -4.87. The highest BCUT2D eigenvalue weighted by Gasteiger charge is 2.24. The molecule has 186 valence electrons. The van der Waals surface area contributed by atoms with Crippen LogP contribution in [0.3, 0.4) is 0 Å². The lowest BCUT2D eigenvalue weighted by molar-refractivity contribution is 0.0794. The van der Waals surface area contributed by atoms with Crippen molar-refractivity contribution in [1.29, 1.82) is 0 Å². The van der Waals surface area contributed by atoms with Crippen LogP contribution in [-0.2, 0) is 0 Å². The first-order valence-corrected chi connectivity index (χ1v) is 11.9. The number of imidazole rings is 1. The van der Waals surface area contributed by atoms with Gasteiger partial charge in [0.15, 0.2) is 17.1 Å². The molecule has 0 unspecified atom stereocenters. The fourth-order valence-electron chi connectivity index (χ4n) is 4.43. The van der Waals surface area contributed by atoms with Crippen molar-refractivity contribution >= 4 is 39.8 Å². The molecule has 0 radical (unpaired) electrons. The van der Waals surface area contributed by atoms with Crippen molar-refractivity contribution < 1.29 is 9.59 Å². The van der Waals surface area contributed by atoms with Gasteiger partial charge in [0.2, 0.25) is 0 Å². The smallest absolute Gasteiger partial charge is 0.321 e. The van der Waals surface area contributed by atoms with E-state index >= 15 is 0 Å². The van der Waals surface area contributed by atoms with Crippen molar-refractivity contribution in [2.45, 2.75) is 12.8 Å². The van der Waals surface area contributed by atoms with Crippen molar-refractivity contribution in [3.8, 4) is 22.6 Å². The third-order valence-electron chi connectivity index (χ3n) is 6.38. The van der Waals surface area contributed by atoms with Crippen molar-refractivity contribution in [3.63, 3.8) is 0 Å². The lowest BCUT2D eigenvalue weighted by atomic mass is 10.1. The third-order valence-corrected chi connectivity index (χ3v) is 6.38. The SMILES string of the molecule is CN(C)C(=O)Nc1cncc(-c2cnc3[nH]nc(-c4nc5c(C(=O)N6CCCC6)ccnc5[nH]4)c3c2)c1. The minimum atomic E-state index is -0.245. The number of amides is 3. The summed E-state index contributed by atoms with van der Waals surface area (Å²) in [7, 11) is 3.34. The number of fused-ring (bicyclic) bond motifs is 2. The Balaban J connectivity index is 1.38. The molecule has 3 N–H and O–H groups in total. The Morgan fingerprint density at radius 2 is 1.84 bits per heavy atom. The molecule has 0 saturated carbocycles. The van der Waals surface area contributed by atoms with Gasteiger partial charge >= 0.3 is 6.03 Å². The standard InChI is InChI=1S/C25H24N10O2/c1-34(2)25(37)29-16-9-14(11-26-13-16)15-10-18-20(32-33-21(18)28-12-15)23-30-19-17(5-6-27-22(19)31-23)24(36)35-7-3-4-8-35/h5-6,9-13H,3-4,7-8H2,1-2H3,(H,29,37)(H,27,30,31)(H,28,32,33). The van der Waals surface area contributed by atoms with Crippen molar-refractivity contribution in [2.75, 3.05) is 32.5 Å². The van der Waals surface area contributed by atoms with Gasteiger partial charge in [-0.05, 0) is 31.0 Å². The molecule has 1 aliphatic rings. The molecule has 12 nitrogen and oxygen atoms in total. The molecule has 0 spiro atoms. The number of aromatic amines is 2. The van der Waals surface area contributed by atoms with Gasteiger partial charge in [0.05, 0.1) is 22.8 Å². The van der Waals surface area contributed by atoms with Crippen LogP contribution in [0.5, 0.6) is 0 Å². The van der Waals surface area contributed by atoms with Crippen LogP contribution < -0.4 is 5.32 Å². The van der Waals surface area contributed by atoms with E-state index in [1.807, 2.05) is 17.0 Å². The summed E-state index contributed by atoms with van der Waals surface area (Å²) in [6.45, 7) is 1.51. The van der Waals surface area contributed by atoms with E-state index in [1.165, 1.54) is 4.90 Å². The number of anilines is 1. The molecule has 0 atom stereocenters. The van der Waals surface area contributed by atoms with Crippen molar-refractivity contribution in [3.05, 3.63) is 48.5 Å². The van der Waals surface area contributed by atoms with E-state index in [1.54, 1.807) is 44.9 Å². The highest BCUT2D eigenvalue weighted by atomic mass is 16.2. The zero-order valence-electron chi connectivity index (χ0n) is 20.3. The van der Waals surface area contributed by atoms with Gasteiger partial charge in [-0.1, -0.05) is 0 Å². The quantitative estimate of drug-likeness (QED) is 0.346. The second kappa shape index (κ2) is 8.97. The van der Waals surface area contributed by atoms with E-state index < -0.39 is 0 Å². The number of rotatable bonds is 4. The van der Waals surface area contributed by atoms with Crippen LogP contribution in [0.2, 0.25) is 0 Å². The molecule has 3 amide bonds. The predicted octanol–water partition coefficient (Wildman–Crippen LogP) is 3.29. The Morgan fingerprint density at radius 3 is 2.65 bits per heavy atom. The molecule has 0 aliphatic carbocycles. The number of aromatic nitrogens is 7. The summed E-state index contributed by atoms with van der Waals surface area (Å²) in [6, 6.07) is 5.24. The van der Waals surface area contributed by atoms with Crippen LogP contribution >= 0.6 is 0 Å². The Bertz CT molecular complexity index is 1650. The number of H-pyrrole nitrogens is 2. The molecule has 0 aromatic carbocycles. The minimum Gasteiger partial charge on any atom is -0.339 e. The maximum Gasteiger partial charge on any atom is 0.321 e. The van der Waals surface area contributed by atoms with Gasteiger partial charge < -0.3 is 20.1 Å². The first-order chi connectivity index (χ1) is 18.0. The van der Waals surface area contributed by atoms with Gasteiger partial charge in [0, 0.05) is 56.9 Å². The highest BCUT2D eigenvalue weighted by Crippen LogP contribution is 2.30. The summed E-state index contributed by atoms with van der Waals surface area (Å²) >= 11 is 0. The fraction of sp³-hybridized carbons (Fsp3) is 0.240. The highest BCUT2D eigenvalue weighted by molar-refractivity contribution is 6.05. The summed E-state index contributed by atoms with van der Waals surface area (Å²) in [5.74, 6) is 0.451. The number of carbonyl (C=O) groups is 2. The molecular formula is C25H24N10O2. The van der Waals surface area contributed by atoms with Crippen LogP contribution in [-0.4, -0.2) is 84.0 Å². The second-order valence-electron chi connectivity index (χ2n) is 9.12. The fourth-order valence-corrected chi connectivity index (χ4v) is 4.43. The Morgan fingerprint density at radius 1 is 1.03 bits per heavy atom. The summed E-state index contributed by atoms with van der Waals surface area (Å²) < 4.78 is 0. The number of hydrogen-bond acceptors (Lipinski definition) is 7. The van der Waals surface area contributed by atoms with Gasteiger partial charge in [-0.15, -0.1) is 0 Å². The third kappa shape index (κ3) is 4.11. The van der Waals surface area contributed by atoms with Crippen molar-refractivity contribution in [1.82, 2.24) is 44.9 Å². The van der Waals surface area contributed by atoms with Crippen LogP contribution in [0.25, 0.3) is 44.8 Å². The molecule has 5 aromatic heterocycles. The number of urea groups is 1. The summed E-state index contributed by atoms with van der Waals surface area (Å²) in [4.78, 5) is 49.5. The Kier molecular flexibility index (Phi) is 5.48. The van der Waals surface area contributed by atoms with Crippen LogP contribution in [0.1, 0.15) is 23.2 Å². The summed E-state index contributed by atoms with van der Waals surface area (Å²) in [5, 5.41) is 10.9. The summed E-state index contributed by atoms with van der Waals surface area (Å²) in [6.07, 6.45) is 8.65. The molecule has 1 fully saturated rings. The first kappa shape index (κ1) is 22.6. The maximum atomic E-state index is 13.1. The lowest BCUT2D eigenvalue weighted by Crippen LogP contribution is -2.27. The van der Waals surface area contributed by atoms with Crippen LogP contribution in [0.15, 0.2) is 43.0 Å².